The van der Waals surface area contributed by atoms with E-state index in [1.165, 1.54) is 5.56 Å². The highest BCUT2D eigenvalue weighted by atomic mass is 16.5. The summed E-state index contributed by atoms with van der Waals surface area (Å²) >= 11 is 0. The van der Waals surface area contributed by atoms with Gasteiger partial charge in [-0.25, -0.2) is 0 Å². The highest BCUT2D eigenvalue weighted by Gasteiger charge is 2.15. The summed E-state index contributed by atoms with van der Waals surface area (Å²) in [5, 5.41) is 2.12. The second-order valence-electron chi connectivity index (χ2n) is 7.32. The number of benzene rings is 3. The predicted octanol–water partition coefficient (Wildman–Crippen LogP) is 3.96. The Morgan fingerprint density at radius 3 is 2.20 bits per heavy atom. The second kappa shape index (κ2) is 9.78. The lowest BCUT2D eigenvalue weighted by Crippen LogP contribution is -2.48. The van der Waals surface area contributed by atoms with Gasteiger partial charge >= 0.3 is 0 Å². The Bertz CT molecular complexity index is 1020. The molecule has 3 aromatic carbocycles. The average Bonchev–Trinajstić information content (AvgIpc) is 2.76. The quantitative estimate of drug-likeness (QED) is 0.583. The molecule has 3 aromatic rings. The molecule has 156 valence electrons. The van der Waals surface area contributed by atoms with Gasteiger partial charge in [0.1, 0.15) is 11.5 Å². The number of hydrazine groups is 1. The first-order valence-electron chi connectivity index (χ1n) is 9.89. The van der Waals surface area contributed by atoms with Gasteiger partial charge in [0.25, 0.3) is 11.8 Å². The standard InChI is InChI=1S/C24H26N2O4/c1-16(2)18-8-11-21(12-9-18)30-17(3)24(28)26-25-23(27)15-29-22-13-10-19-6-4-5-7-20(19)14-22/h4-14,16-17H,15H2,1-3H3,(H,25,27)(H,26,28). The van der Waals surface area contributed by atoms with E-state index in [0.717, 1.165) is 10.8 Å². The van der Waals surface area contributed by atoms with E-state index >= 15 is 0 Å². The maximum atomic E-state index is 12.2. The van der Waals surface area contributed by atoms with Gasteiger partial charge in [0.15, 0.2) is 12.7 Å². The summed E-state index contributed by atoms with van der Waals surface area (Å²) < 4.78 is 11.1. The number of fused-ring (bicyclic) bond motifs is 1. The molecular weight excluding hydrogens is 380 g/mol. The zero-order chi connectivity index (χ0) is 21.5. The van der Waals surface area contributed by atoms with Crippen molar-refractivity contribution in [3.05, 3.63) is 72.3 Å². The highest BCUT2D eigenvalue weighted by Crippen LogP contribution is 2.21. The van der Waals surface area contributed by atoms with E-state index in [4.69, 9.17) is 9.47 Å². The first-order valence-corrected chi connectivity index (χ1v) is 9.89. The molecule has 0 aliphatic carbocycles. The monoisotopic (exact) mass is 406 g/mol. The molecule has 0 saturated heterocycles. The fraction of sp³-hybridized carbons (Fsp3) is 0.250. The Balaban J connectivity index is 1.43. The first-order chi connectivity index (χ1) is 14.4. The minimum atomic E-state index is -0.767. The van der Waals surface area contributed by atoms with Gasteiger partial charge in [-0.05, 0) is 53.4 Å². The van der Waals surface area contributed by atoms with Gasteiger partial charge in [-0.15, -0.1) is 0 Å². The fourth-order valence-electron chi connectivity index (χ4n) is 2.86. The van der Waals surface area contributed by atoms with Crippen molar-refractivity contribution in [3.8, 4) is 11.5 Å². The number of ether oxygens (including phenoxy) is 2. The Morgan fingerprint density at radius 1 is 0.833 bits per heavy atom. The smallest absolute Gasteiger partial charge is 0.279 e. The summed E-state index contributed by atoms with van der Waals surface area (Å²) in [6.45, 7) is 5.62. The summed E-state index contributed by atoms with van der Waals surface area (Å²) in [7, 11) is 0. The lowest BCUT2D eigenvalue weighted by molar-refractivity contribution is -0.133. The molecule has 0 aromatic heterocycles. The molecular formula is C24H26N2O4. The Morgan fingerprint density at radius 2 is 1.50 bits per heavy atom. The summed E-state index contributed by atoms with van der Waals surface area (Å²) in [6, 6.07) is 21.1. The van der Waals surface area contributed by atoms with E-state index in [-0.39, 0.29) is 6.61 Å². The van der Waals surface area contributed by atoms with Crippen molar-refractivity contribution in [3.63, 3.8) is 0 Å². The van der Waals surface area contributed by atoms with E-state index in [1.807, 2.05) is 60.7 Å². The zero-order valence-electron chi connectivity index (χ0n) is 17.3. The molecule has 0 heterocycles. The van der Waals surface area contributed by atoms with Crippen LogP contribution in [-0.4, -0.2) is 24.5 Å². The molecule has 0 fully saturated rings. The van der Waals surface area contributed by atoms with Crippen molar-refractivity contribution in [1.29, 1.82) is 0 Å². The summed E-state index contributed by atoms with van der Waals surface area (Å²) in [5.74, 6) is 0.670. The Hall–Kier alpha value is -3.54. The van der Waals surface area contributed by atoms with Crippen LogP contribution in [0.1, 0.15) is 32.3 Å². The normalized spacial score (nSPS) is 11.7. The van der Waals surface area contributed by atoms with Crippen molar-refractivity contribution in [2.45, 2.75) is 32.8 Å². The van der Waals surface area contributed by atoms with Gasteiger partial charge in [0, 0.05) is 0 Å². The van der Waals surface area contributed by atoms with Crippen LogP contribution in [-0.2, 0) is 9.59 Å². The largest absolute Gasteiger partial charge is 0.484 e. The molecule has 1 atom stereocenters. The molecule has 0 aliphatic rings. The van der Waals surface area contributed by atoms with E-state index < -0.39 is 17.9 Å². The molecule has 3 rings (SSSR count). The van der Waals surface area contributed by atoms with Crippen LogP contribution in [0.5, 0.6) is 11.5 Å². The number of amides is 2. The Kier molecular flexibility index (Phi) is 6.91. The van der Waals surface area contributed by atoms with Crippen LogP contribution in [0.4, 0.5) is 0 Å². The second-order valence-corrected chi connectivity index (χ2v) is 7.32. The molecule has 0 saturated carbocycles. The number of nitrogens with one attached hydrogen (secondary N) is 2. The summed E-state index contributed by atoms with van der Waals surface area (Å²) in [6.07, 6.45) is -0.767. The minimum absolute atomic E-state index is 0.218. The van der Waals surface area contributed by atoms with Crippen LogP contribution in [0, 0.1) is 0 Å². The van der Waals surface area contributed by atoms with Crippen molar-refractivity contribution in [2.75, 3.05) is 6.61 Å². The third-order valence-electron chi connectivity index (χ3n) is 4.64. The van der Waals surface area contributed by atoms with E-state index in [0.29, 0.717) is 17.4 Å². The number of rotatable bonds is 7. The topological polar surface area (TPSA) is 76.7 Å². The molecule has 2 N–H and O–H groups in total. The molecule has 2 amide bonds. The maximum absolute atomic E-state index is 12.2. The summed E-state index contributed by atoms with van der Waals surface area (Å²) in [5.41, 5.74) is 5.88. The maximum Gasteiger partial charge on any atom is 0.279 e. The van der Waals surface area contributed by atoms with Gasteiger partial charge < -0.3 is 9.47 Å². The number of carbonyl (C=O) groups excluding carboxylic acids is 2. The Labute approximate surface area is 176 Å². The highest BCUT2D eigenvalue weighted by molar-refractivity contribution is 5.86. The van der Waals surface area contributed by atoms with Crippen LogP contribution >= 0.6 is 0 Å². The van der Waals surface area contributed by atoms with Crippen molar-refractivity contribution in [2.24, 2.45) is 0 Å². The molecule has 0 radical (unpaired) electrons. The van der Waals surface area contributed by atoms with Crippen molar-refractivity contribution in [1.82, 2.24) is 10.9 Å². The lowest BCUT2D eigenvalue weighted by atomic mass is 10.0. The van der Waals surface area contributed by atoms with E-state index in [9.17, 15) is 9.59 Å². The van der Waals surface area contributed by atoms with Crippen LogP contribution in [0.25, 0.3) is 10.8 Å². The van der Waals surface area contributed by atoms with Gasteiger partial charge in [-0.1, -0.05) is 56.3 Å². The molecule has 0 spiro atoms. The van der Waals surface area contributed by atoms with E-state index in [2.05, 4.69) is 24.7 Å². The van der Waals surface area contributed by atoms with Crippen LogP contribution in [0.3, 0.4) is 0 Å². The molecule has 0 bridgehead atoms. The number of carbonyl (C=O) groups is 2. The minimum Gasteiger partial charge on any atom is -0.484 e. The first kappa shape index (κ1) is 21.2. The summed E-state index contributed by atoms with van der Waals surface area (Å²) in [4.78, 5) is 24.1. The van der Waals surface area contributed by atoms with Crippen molar-refractivity contribution >= 4 is 22.6 Å². The van der Waals surface area contributed by atoms with Crippen LogP contribution in [0.15, 0.2) is 66.7 Å². The average molecular weight is 406 g/mol. The third-order valence-corrected chi connectivity index (χ3v) is 4.64. The van der Waals surface area contributed by atoms with Crippen LogP contribution < -0.4 is 20.3 Å². The van der Waals surface area contributed by atoms with Crippen molar-refractivity contribution < 1.29 is 19.1 Å². The number of hydrogen-bond acceptors (Lipinski definition) is 4. The SMILES string of the molecule is CC(Oc1ccc(C(C)C)cc1)C(=O)NNC(=O)COc1ccc2ccccc2c1. The van der Waals surface area contributed by atoms with Gasteiger partial charge in [-0.2, -0.15) is 0 Å². The van der Waals surface area contributed by atoms with Gasteiger partial charge in [0.2, 0.25) is 0 Å². The molecule has 30 heavy (non-hydrogen) atoms. The predicted molar refractivity (Wildman–Crippen MR) is 116 cm³/mol. The molecule has 0 aliphatic heterocycles. The van der Waals surface area contributed by atoms with Gasteiger partial charge in [-0.3, -0.25) is 20.4 Å². The van der Waals surface area contributed by atoms with Gasteiger partial charge in [0.05, 0.1) is 0 Å². The fourth-order valence-corrected chi connectivity index (χ4v) is 2.86. The number of hydrogen-bond donors (Lipinski definition) is 2. The molecule has 6 nitrogen and oxygen atoms in total. The lowest BCUT2D eigenvalue weighted by Gasteiger charge is -2.16. The molecule has 6 heteroatoms. The third kappa shape index (κ3) is 5.73. The van der Waals surface area contributed by atoms with E-state index in [1.54, 1.807) is 13.0 Å². The molecule has 1 unspecified atom stereocenters. The zero-order valence-corrected chi connectivity index (χ0v) is 17.3. The van der Waals surface area contributed by atoms with Crippen LogP contribution in [0.2, 0.25) is 0 Å².